The summed E-state index contributed by atoms with van der Waals surface area (Å²) in [5.74, 6) is 1.36. The van der Waals surface area contributed by atoms with Gasteiger partial charge in [-0.2, -0.15) is 13.2 Å². The van der Waals surface area contributed by atoms with E-state index >= 15 is 0 Å². The van der Waals surface area contributed by atoms with E-state index in [9.17, 15) is 13.2 Å². The fourth-order valence-electron chi connectivity index (χ4n) is 3.31. The van der Waals surface area contributed by atoms with Gasteiger partial charge in [0.05, 0.1) is 12.1 Å². The van der Waals surface area contributed by atoms with Crippen molar-refractivity contribution in [3.8, 4) is 0 Å². The zero-order valence-electron chi connectivity index (χ0n) is 17.1. The van der Waals surface area contributed by atoms with Crippen molar-refractivity contribution in [2.45, 2.75) is 32.5 Å². The standard InChI is InChI=1S/C20H30F3N5.HI/c1-3-24-19(25-13-15-4-5-15)26-14-16-12-17(20(21,22)23)6-7-18(16)28-10-8-27(2)9-11-28;/h6-7,12,15H,3-5,8-11,13-14H2,1-2H3,(H2,24,25,26);1H. The van der Waals surface area contributed by atoms with Crippen LogP contribution in [0.25, 0.3) is 0 Å². The molecule has 2 N–H and O–H groups in total. The summed E-state index contributed by atoms with van der Waals surface area (Å²) in [5.41, 5.74) is 0.845. The average molecular weight is 525 g/mol. The number of nitrogens with one attached hydrogen (secondary N) is 2. The molecule has 1 aliphatic heterocycles. The van der Waals surface area contributed by atoms with E-state index in [2.05, 4.69) is 32.5 Å². The number of nitrogens with zero attached hydrogens (tertiary/aromatic N) is 3. The molecule has 0 aromatic heterocycles. The van der Waals surface area contributed by atoms with E-state index in [4.69, 9.17) is 0 Å². The predicted octanol–water partition coefficient (Wildman–Crippen LogP) is 3.54. The van der Waals surface area contributed by atoms with Crippen molar-refractivity contribution in [3.63, 3.8) is 0 Å². The van der Waals surface area contributed by atoms with Crippen molar-refractivity contribution in [1.82, 2.24) is 15.5 Å². The summed E-state index contributed by atoms with van der Waals surface area (Å²) in [6, 6.07) is 4.03. The van der Waals surface area contributed by atoms with Crippen molar-refractivity contribution in [2.24, 2.45) is 10.9 Å². The largest absolute Gasteiger partial charge is 0.416 e. The minimum atomic E-state index is -4.35. The van der Waals surface area contributed by atoms with Gasteiger partial charge in [-0.25, -0.2) is 4.99 Å². The summed E-state index contributed by atoms with van der Waals surface area (Å²) in [6.07, 6.45) is -1.89. The molecular formula is C20H31F3IN5. The van der Waals surface area contributed by atoms with Gasteiger partial charge in [-0.05, 0) is 56.5 Å². The maximum absolute atomic E-state index is 13.2. The van der Waals surface area contributed by atoms with E-state index in [1.807, 2.05) is 6.92 Å². The smallest absolute Gasteiger partial charge is 0.369 e. The first kappa shape index (κ1) is 24.0. The van der Waals surface area contributed by atoms with Crippen molar-refractivity contribution in [3.05, 3.63) is 29.3 Å². The number of aliphatic imine (C=N–C) groups is 1. The van der Waals surface area contributed by atoms with Gasteiger partial charge in [0.15, 0.2) is 5.96 Å². The lowest BCUT2D eigenvalue weighted by molar-refractivity contribution is -0.137. The Hall–Kier alpha value is -1.23. The highest BCUT2D eigenvalue weighted by Gasteiger charge is 2.31. The molecule has 0 unspecified atom stereocenters. The normalized spacial score (nSPS) is 18.4. The SMILES string of the molecule is CCNC(=NCc1cc(C(F)(F)F)ccc1N1CCN(C)CC1)NCC1CC1.I. The monoisotopic (exact) mass is 525 g/mol. The fourth-order valence-corrected chi connectivity index (χ4v) is 3.31. The Morgan fingerprint density at radius 1 is 1.14 bits per heavy atom. The van der Waals surface area contributed by atoms with Crippen LogP contribution in [0.4, 0.5) is 18.9 Å². The number of benzene rings is 1. The third kappa shape index (κ3) is 7.20. The minimum Gasteiger partial charge on any atom is -0.369 e. The molecule has 5 nitrogen and oxygen atoms in total. The van der Waals surface area contributed by atoms with Crippen LogP contribution in [-0.2, 0) is 12.7 Å². The van der Waals surface area contributed by atoms with Crippen LogP contribution in [0.15, 0.2) is 23.2 Å². The topological polar surface area (TPSA) is 42.9 Å². The number of rotatable bonds is 6. The second-order valence-electron chi connectivity index (χ2n) is 7.65. The molecule has 2 aliphatic rings. The van der Waals surface area contributed by atoms with E-state index in [1.165, 1.54) is 25.0 Å². The number of hydrogen-bond donors (Lipinski definition) is 2. The molecule has 0 atom stereocenters. The Bertz CT molecular complexity index is 683. The molecule has 0 spiro atoms. The molecule has 0 bridgehead atoms. The number of anilines is 1. The number of hydrogen-bond acceptors (Lipinski definition) is 3. The fraction of sp³-hybridized carbons (Fsp3) is 0.650. The summed E-state index contributed by atoms with van der Waals surface area (Å²) in [7, 11) is 2.06. The van der Waals surface area contributed by atoms with Crippen molar-refractivity contribution in [1.29, 1.82) is 0 Å². The summed E-state index contributed by atoms with van der Waals surface area (Å²) >= 11 is 0. The zero-order valence-corrected chi connectivity index (χ0v) is 19.4. The van der Waals surface area contributed by atoms with Crippen molar-refractivity contribution < 1.29 is 13.2 Å². The summed E-state index contributed by atoms with van der Waals surface area (Å²) in [5, 5.41) is 6.48. The quantitative estimate of drug-likeness (QED) is 0.339. The molecule has 0 radical (unpaired) electrons. The lowest BCUT2D eigenvalue weighted by Crippen LogP contribution is -2.44. The maximum atomic E-state index is 13.2. The Morgan fingerprint density at radius 3 is 2.41 bits per heavy atom. The molecule has 1 saturated carbocycles. The second kappa shape index (κ2) is 10.7. The molecule has 164 valence electrons. The van der Waals surface area contributed by atoms with Crippen molar-refractivity contribution in [2.75, 3.05) is 51.2 Å². The highest BCUT2D eigenvalue weighted by atomic mass is 127. The van der Waals surface area contributed by atoms with Gasteiger partial charge in [0.1, 0.15) is 0 Å². The highest BCUT2D eigenvalue weighted by Crippen LogP contribution is 2.33. The van der Waals surface area contributed by atoms with E-state index < -0.39 is 11.7 Å². The first-order chi connectivity index (χ1) is 13.4. The number of halogens is 4. The molecule has 1 aromatic carbocycles. The maximum Gasteiger partial charge on any atom is 0.416 e. The Labute approximate surface area is 188 Å². The van der Waals surface area contributed by atoms with Crippen LogP contribution in [-0.4, -0.2) is 57.2 Å². The first-order valence-electron chi connectivity index (χ1n) is 10.0. The van der Waals surface area contributed by atoms with Crippen LogP contribution in [0.3, 0.4) is 0 Å². The molecule has 1 saturated heterocycles. The molecular weight excluding hydrogens is 494 g/mol. The minimum absolute atomic E-state index is 0. The average Bonchev–Trinajstić information content (AvgIpc) is 3.48. The Kier molecular flexibility index (Phi) is 8.87. The lowest BCUT2D eigenvalue weighted by Gasteiger charge is -2.35. The Balaban J connectivity index is 0.00000300. The molecule has 0 amide bonds. The van der Waals surface area contributed by atoms with Gasteiger partial charge in [-0.1, -0.05) is 0 Å². The zero-order chi connectivity index (χ0) is 20.1. The highest BCUT2D eigenvalue weighted by molar-refractivity contribution is 14.0. The van der Waals surface area contributed by atoms with Crippen LogP contribution in [0.2, 0.25) is 0 Å². The van der Waals surface area contributed by atoms with Gasteiger partial charge in [0.25, 0.3) is 0 Å². The summed E-state index contributed by atoms with van der Waals surface area (Å²) in [6.45, 7) is 7.17. The van der Waals surface area contributed by atoms with Crippen LogP contribution in [0.1, 0.15) is 30.9 Å². The summed E-state index contributed by atoms with van der Waals surface area (Å²) in [4.78, 5) is 8.95. The molecule has 29 heavy (non-hydrogen) atoms. The van der Waals surface area contributed by atoms with Gasteiger partial charge in [-0.3, -0.25) is 0 Å². The van der Waals surface area contributed by atoms with E-state index in [-0.39, 0.29) is 30.5 Å². The molecule has 1 aromatic rings. The number of likely N-dealkylation sites (N-methyl/N-ethyl adjacent to an activating group) is 1. The third-order valence-electron chi connectivity index (χ3n) is 5.26. The van der Waals surface area contributed by atoms with Crippen LogP contribution >= 0.6 is 24.0 Å². The van der Waals surface area contributed by atoms with E-state index in [0.717, 1.165) is 38.4 Å². The molecule has 3 rings (SSSR count). The van der Waals surface area contributed by atoms with Crippen LogP contribution in [0.5, 0.6) is 0 Å². The molecule has 1 heterocycles. The van der Waals surface area contributed by atoms with E-state index in [0.29, 0.717) is 24.0 Å². The van der Waals surface area contributed by atoms with Gasteiger partial charge in [0, 0.05) is 45.0 Å². The number of piperazine rings is 1. The van der Waals surface area contributed by atoms with Crippen LogP contribution in [0, 0.1) is 5.92 Å². The van der Waals surface area contributed by atoms with Gasteiger partial charge >= 0.3 is 6.18 Å². The van der Waals surface area contributed by atoms with Gasteiger partial charge < -0.3 is 20.4 Å². The molecule has 1 aliphatic carbocycles. The first-order valence-corrected chi connectivity index (χ1v) is 10.0. The van der Waals surface area contributed by atoms with Crippen molar-refractivity contribution >= 4 is 35.6 Å². The van der Waals surface area contributed by atoms with E-state index in [1.54, 1.807) is 6.07 Å². The van der Waals surface area contributed by atoms with Gasteiger partial charge in [-0.15, -0.1) is 24.0 Å². The third-order valence-corrected chi connectivity index (χ3v) is 5.26. The predicted molar refractivity (Wildman–Crippen MR) is 122 cm³/mol. The number of guanidine groups is 1. The number of alkyl halides is 3. The lowest BCUT2D eigenvalue weighted by atomic mass is 10.1. The van der Waals surface area contributed by atoms with Gasteiger partial charge in [0.2, 0.25) is 0 Å². The Morgan fingerprint density at radius 2 is 1.83 bits per heavy atom. The molecule has 2 fully saturated rings. The van der Waals surface area contributed by atoms with Crippen LogP contribution < -0.4 is 15.5 Å². The molecule has 9 heteroatoms. The summed E-state index contributed by atoms with van der Waals surface area (Å²) < 4.78 is 39.7. The second-order valence-corrected chi connectivity index (χ2v) is 7.65.